The summed E-state index contributed by atoms with van der Waals surface area (Å²) in [6.45, 7) is 3.73. The molecule has 0 aliphatic rings. The van der Waals surface area contributed by atoms with Crippen LogP contribution in [0.4, 0.5) is 0 Å². The highest BCUT2D eigenvalue weighted by molar-refractivity contribution is 5.58. The maximum Gasteiger partial charge on any atom is 0.113 e. The Hall–Kier alpha value is -2.47. The van der Waals surface area contributed by atoms with Crippen LogP contribution in [0.3, 0.4) is 0 Å². The van der Waals surface area contributed by atoms with E-state index in [-0.39, 0.29) is 0 Å². The fourth-order valence-electron chi connectivity index (χ4n) is 2.43. The zero-order valence-electron chi connectivity index (χ0n) is 13.8. The summed E-state index contributed by atoms with van der Waals surface area (Å²) in [4.78, 5) is 2.19. The number of nitrogens with zero attached hydrogens (tertiary/aromatic N) is 6. The van der Waals surface area contributed by atoms with Gasteiger partial charge >= 0.3 is 0 Å². The van der Waals surface area contributed by atoms with Crippen LogP contribution >= 0.6 is 0 Å². The maximum absolute atomic E-state index is 4.30. The second-order valence-corrected chi connectivity index (χ2v) is 5.90. The summed E-state index contributed by atoms with van der Waals surface area (Å²) < 4.78 is 3.75. The third-order valence-corrected chi connectivity index (χ3v) is 4.10. The Morgan fingerprint density at radius 2 is 1.96 bits per heavy atom. The molecule has 23 heavy (non-hydrogen) atoms. The van der Waals surface area contributed by atoms with Crippen molar-refractivity contribution in [2.45, 2.75) is 26.1 Å². The smallest absolute Gasteiger partial charge is 0.113 e. The van der Waals surface area contributed by atoms with Gasteiger partial charge < -0.3 is 4.90 Å². The SMILES string of the molecule is CC(c1cccc(-c2cn(CCn3cccn3)nn2)c1)N(C)C. The number of benzene rings is 1. The molecule has 1 unspecified atom stereocenters. The summed E-state index contributed by atoms with van der Waals surface area (Å²) in [7, 11) is 4.17. The Balaban J connectivity index is 1.73. The van der Waals surface area contributed by atoms with Gasteiger partial charge in [0.1, 0.15) is 5.69 Å². The molecule has 0 saturated heterocycles. The highest BCUT2D eigenvalue weighted by Crippen LogP contribution is 2.23. The van der Waals surface area contributed by atoms with Gasteiger partial charge in [0, 0.05) is 24.0 Å². The summed E-state index contributed by atoms with van der Waals surface area (Å²) in [5.74, 6) is 0. The lowest BCUT2D eigenvalue weighted by Crippen LogP contribution is -2.16. The van der Waals surface area contributed by atoms with Crippen molar-refractivity contribution in [3.05, 3.63) is 54.5 Å². The molecule has 0 aliphatic heterocycles. The van der Waals surface area contributed by atoms with E-state index in [0.717, 1.165) is 24.3 Å². The molecule has 3 aromatic rings. The Kier molecular flexibility index (Phi) is 4.52. The first-order valence-electron chi connectivity index (χ1n) is 7.78. The Morgan fingerprint density at radius 1 is 1.13 bits per heavy atom. The van der Waals surface area contributed by atoms with E-state index in [2.05, 4.69) is 65.6 Å². The van der Waals surface area contributed by atoms with Crippen molar-refractivity contribution >= 4 is 0 Å². The monoisotopic (exact) mass is 310 g/mol. The highest BCUT2D eigenvalue weighted by atomic mass is 15.4. The predicted octanol–water partition coefficient (Wildman–Crippen LogP) is 2.46. The fraction of sp³-hybridized carbons (Fsp3) is 0.353. The van der Waals surface area contributed by atoms with E-state index < -0.39 is 0 Å². The van der Waals surface area contributed by atoms with Crippen molar-refractivity contribution in [1.29, 1.82) is 0 Å². The standard InChI is InChI=1S/C17H22N6/c1-14(21(2)3)15-6-4-7-16(12-15)17-13-23(20-19-17)11-10-22-9-5-8-18-22/h4-9,12-14H,10-11H2,1-3H3. The molecule has 0 radical (unpaired) electrons. The van der Waals surface area contributed by atoms with Crippen LogP contribution in [0.1, 0.15) is 18.5 Å². The van der Waals surface area contributed by atoms with Crippen LogP contribution in [0.5, 0.6) is 0 Å². The molecular weight excluding hydrogens is 288 g/mol. The molecule has 2 heterocycles. The molecule has 2 aromatic heterocycles. The van der Waals surface area contributed by atoms with Gasteiger partial charge in [-0.15, -0.1) is 5.10 Å². The van der Waals surface area contributed by atoms with Crippen LogP contribution < -0.4 is 0 Å². The molecular formula is C17H22N6. The lowest BCUT2D eigenvalue weighted by atomic mass is 10.0. The maximum atomic E-state index is 4.30. The van der Waals surface area contributed by atoms with E-state index in [4.69, 9.17) is 0 Å². The first kappa shape index (κ1) is 15.4. The molecule has 0 spiro atoms. The average molecular weight is 310 g/mol. The lowest BCUT2D eigenvalue weighted by Gasteiger charge is -2.20. The summed E-state index contributed by atoms with van der Waals surface area (Å²) in [6.07, 6.45) is 5.72. The molecule has 0 saturated carbocycles. The minimum atomic E-state index is 0.366. The normalized spacial score (nSPS) is 12.7. The largest absolute Gasteiger partial charge is 0.303 e. The van der Waals surface area contributed by atoms with Crippen LogP contribution in [0.2, 0.25) is 0 Å². The van der Waals surface area contributed by atoms with Crippen molar-refractivity contribution in [1.82, 2.24) is 29.7 Å². The van der Waals surface area contributed by atoms with Crippen LogP contribution in [0.25, 0.3) is 11.3 Å². The zero-order chi connectivity index (χ0) is 16.2. The second kappa shape index (κ2) is 6.75. The minimum Gasteiger partial charge on any atom is -0.303 e. The molecule has 6 nitrogen and oxygen atoms in total. The van der Waals surface area contributed by atoms with Crippen molar-refractivity contribution < 1.29 is 0 Å². The topological polar surface area (TPSA) is 51.8 Å². The summed E-state index contributed by atoms with van der Waals surface area (Å²) in [6, 6.07) is 10.8. The van der Waals surface area contributed by atoms with Gasteiger partial charge in [-0.05, 0) is 38.7 Å². The molecule has 120 valence electrons. The van der Waals surface area contributed by atoms with Gasteiger partial charge in [-0.3, -0.25) is 9.36 Å². The van der Waals surface area contributed by atoms with Crippen molar-refractivity contribution in [3.8, 4) is 11.3 Å². The van der Waals surface area contributed by atoms with Gasteiger partial charge in [0.15, 0.2) is 0 Å². The van der Waals surface area contributed by atoms with Crippen LogP contribution in [-0.2, 0) is 13.1 Å². The first-order chi connectivity index (χ1) is 11.1. The summed E-state index contributed by atoms with van der Waals surface area (Å²) in [5.41, 5.74) is 3.28. The van der Waals surface area contributed by atoms with E-state index in [1.165, 1.54) is 5.56 Å². The molecule has 0 aliphatic carbocycles. The number of hydrogen-bond donors (Lipinski definition) is 0. The number of hydrogen-bond acceptors (Lipinski definition) is 4. The summed E-state index contributed by atoms with van der Waals surface area (Å²) in [5, 5.41) is 12.7. The Bertz CT molecular complexity index is 744. The molecule has 6 heteroatoms. The molecule has 3 rings (SSSR count). The molecule has 1 aromatic carbocycles. The van der Waals surface area contributed by atoms with Gasteiger partial charge in [0.05, 0.1) is 19.3 Å². The van der Waals surface area contributed by atoms with Crippen molar-refractivity contribution in [2.24, 2.45) is 0 Å². The highest BCUT2D eigenvalue weighted by Gasteiger charge is 2.10. The predicted molar refractivity (Wildman–Crippen MR) is 89.8 cm³/mol. The summed E-state index contributed by atoms with van der Waals surface area (Å²) >= 11 is 0. The van der Waals surface area contributed by atoms with Gasteiger partial charge in [0.2, 0.25) is 0 Å². The second-order valence-electron chi connectivity index (χ2n) is 5.90. The van der Waals surface area contributed by atoms with Gasteiger partial charge in [-0.1, -0.05) is 23.4 Å². The van der Waals surface area contributed by atoms with E-state index in [1.54, 1.807) is 6.20 Å². The third kappa shape index (κ3) is 3.65. The van der Waals surface area contributed by atoms with Gasteiger partial charge in [-0.2, -0.15) is 5.10 Å². The molecule has 0 N–H and O–H groups in total. The third-order valence-electron chi connectivity index (χ3n) is 4.10. The molecule has 0 amide bonds. The van der Waals surface area contributed by atoms with Crippen LogP contribution in [0.15, 0.2) is 48.9 Å². The van der Waals surface area contributed by atoms with Crippen LogP contribution in [0, 0.1) is 0 Å². The van der Waals surface area contributed by atoms with E-state index in [9.17, 15) is 0 Å². The number of aryl methyl sites for hydroxylation is 2. The first-order valence-corrected chi connectivity index (χ1v) is 7.78. The van der Waals surface area contributed by atoms with Gasteiger partial charge in [-0.25, -0.2) is 0 Å². The quantitative estimate of drug-likeness (QED) is 0.702. The van der Waals surface area contributed by atoms with E-state index >= 15 is 0 Å². The number of rotatable bonds is 6. The number of aromatic nitrogens is 5. The van der Waals surface area contributed by atoms with Gasteiger partial charge in [0.25, 0.3) is 0 Å². The minimum absolute atomic E-state index is 0.366. The molecule has 0 fully saturated rings. The van der Waals surface area contributed by atoms with Crippen LogP contribution in [-0.4, -0.2) is 43.8 Å². The fourth-order valence-corrected chi connectivity index (χ4v) is 2.43. The van der Waals surface area contributed by atoms with Crippen molar-refractivity contribution in [3.63, 3.8) is 0 Å². The average Bonchev–Trinajstić information content (AvgIpc) is 3.23. The van der Waals surface area contributed by atoms with E-state index in [0.29, 0.717) is 6.04 Å². The lowest BCUT2D eigenvalue weighted by molar-refractivity contribution is 0.321. The molecule has 0 bridgehead atoms. The molecule has 1 atom stereocenters. The Morgan fingerprint density at radius 3 is 2.70 bits per heavy atom. The van der Waals surface area contributed by atoms with Crippen molar-refractivity contribution in [2.75, 3.05) is 14.1 Å². The van der Waals surface area contributed by atoms with E-state index in [1.807, 2.05) is 27.8 Å². The Labute approximate surface area is 136 Å². The zero-order valence-corrected chi connectivity index (χ0v) is 13.8.